The quantitative estimate of drug-likeness (QED) is 0.747. The maximum Gasteiger partial charge on any atom is 0.246 e. The molecule has 0 amide bonds. The fourth-order valence-electron chi connectivity index (χ4n) is 2.81. The molecular weight excluding hydrogens is 368 g/mol. The van der Waals surface area contributed by atoms with Gasteiger partial charge in [-0.25, -0.2) is 13.4 Å². The standard InChI is InChI=1S/C14H22N6O3S.ClH/c1-18-5-4-16-14(18)13-10-15-3-6-20(13)24(21,22)12-9-17-19(11-12)7-8-23-2;/h4-5,9,11,13,15H,3,6-8,10H2,1-2H3;1H. The van der Waals surface area contributed by atoms with Crippen LogP contribution in [0.1, 0.15) is 11.9 Å². The lowest BCUT2D eigenvalue weighted by molar-refractivity contribution is 0.183. The number of rotatable bonds is 6. The molecule has 0 aromatic carbocycles. The summed E-state index contributed by atoms with van der Waals surface area (Å²) in [5.41, 5.74) is 0. The second-order valence-corrected chi connectivity index (χ2v) is 7.55. The molecule has 1 saturated heterocycles. The Hall–Kier alpha value is -1.46. The molecule has 11 heteroatoms. The summed E-state index contributed by atoms with van der Waals surface area (Å²) in [6.45, 7) is 2.52. The Labute approximate surface area is 153 Å². The normalized spacial score (nSPS) is 18.9. The molecule has 9 nitrogen and oxygen atoms in total. The molecule has 3 heterocycles. The summed E-state index contributed by atoms with van der Waals surface area (Å²) in [6.07, 6.45) is 6.43. The van der Waals surface area contributed by atoms with Gasteiger partial charge in [0.2, 0.25) is 10.0 Å². The minimum Gasteiger partial charge on any atom is -0.383 e. The summed E-state index contributed by atoms with van der Waals surface area (Å²) in [5.74, 6) is 0.720. The first-order valence-corrected chi connectivity index (χ1v) is 9.19. The molecule has 140 valence electrons. The highest BCUT2D eigenvalue weighted by atomic mass is 35.5. The van der Waals surface area contributed by atoms with E-state index in [4.69, 9.17) is 4.74 Å². The molecule has 1 aliphatic rings. The Bertz CT molecular complexity index is 790. The predicted molar refractivity (Wildman–Crippen MR) is 94.1 cm³/mol. The van der Waals surface area contributed by atoms with Gasteiger partial charge in [-0.3, -0.25) is 4.68 Å². The zero-order valence-electron chi connectivity index (χ0n) is 14.2. The first kappa shape index (κ1) is 19.9. The van der Waals surface area contributed by atoms with Crippen LogP contribution in [0.25, 0.3) is 0 Å². The topological polar surface area (TPSA) is 94.3 Å². The third-order valence-corrected chi connectivity index (χ3v) is 5.95. The van der Waals surface area contributed by atoms with Crippen LogP contribution in [0.5, 0.6) is 0 Å². The lowest BCUT2D eigenvalue weighted by Crippen LogP contribution is -2.49. The lowest BCUT2D eigenvalue weighted by Gasteiger charge is -2.34. The maximum atomic E-state index is 13.1. The van der Waals surface area contributed by atoms with Crippen LogP contribution >= 0.6 is 12.4 Å². The summed E-state index contributed by atoms with van der Waals surface area (Å²) >= 11 is 0. The Morgan fingerprint density at radius 2 is 2.24 bits per heavy atom. The molecule has 0 bridgehead atoms. The molecule has 1 fully saturated rings. The number of nitrogens with one attached hydrogen (secondary N) is 1. The molecule has 0 radical (unpaired) electrons. The van der Waals surface area contributed by atoms with Gasteiger partial charge in [0.15, 0.2) is 0 Å². The molecule has 2 aromatic rings. The van der Waals surface area contributed by atoms with E-state index >= 15 is 0 Å². The second-order valence-electron chi connectivity index (χ2n) is 5.66. The minimum atomic E-state index is -3.64. The van der Waals surface area contributed by atoms with E-state index in [1.54, 1.807) is 24.2 Å². The number of imidazole rings is 1. The van der Waals surface area contributed by atoms with Crippen LogP contribution in [-0.2, 0) is 28.4 Å². The van der Waals surface area contributed by atoms with Gasteiger partial charge in [-0.1, -0.05) is 0 Å². The number of sulfonamides is 1. The zero-order chi connectivity index (χ0) is 17.2. The van der Waals surface area contributed by atoms with E-state index in [2.05, 4.69) is 15.4 Å². The largest absolute Gasteiger partial charge is 0.383 e. The van der Waals surface area contributed by atoms with Gasteiger partial charge < -0.3 is 14.6 Å². The number of ether oxygens (including phenoxy) is 1. The van der Waals surface area contributed by atoms with Crippen LogP contribution in [-0.4, -0.2) is 65.4 Å². The summed E-state index contributed by atoms with van der Waals surface area (Å²) in [7, 11) is -0.180. The van der Waals surface area contributed by atoms with Gasteiger partial charge in [0.05, 0.1) is 25.4 Å². The van der Waals surface area contributed by atoms with Crippen molar-refractivity contribution < 1.29 is 13.2 Å². The van der Waals surface area contributed by atoms with Crippen molar-refractivity contribution in [1.82, 2.24) is 29.0 Å². The number of halogens is 1. The van der Waals surface area contributed by atoms with E-state index in [1.165, 1.54) is 10.5 Å². The molecule has 2 aromatic heterocycles. The number of aromatic nitrogens is 4. The van der Waals surface area contributed by atoms with Crippen molar-refractivity contribution in [2.45, 2.75) is 17.5 Å². The van der Waals surface area contributed by atoms with Gasteiger partial charge in [0.25, 0.3) is 0 Å². The molecule has 1 unspecified atom stereocenters. The molecule has 3 rings (SSSR count). The van der Waals surface area contributed by atoms with E-state index in [1.807, 2.05) is 17.8 Å². The van der Waals surface area contributed by atoms with Crippen molar-refractivity contribution in [3.63, 3.8) is 0 Å². The van der Waals surface area contributed by atoms with Gasteiger partial charge in [-0.2, -0.15) is 9.40 Å². The molecule has 1 atom stereocenters. The van der Waals surface area contributed by atoms with Crippen LogP contribution in [0.2, 0.25) is 0 Å². The third-order valence-electron chi connectivity index (χ3n) is 4.09. The SMILES string of the molecule is COCCn1cc(S(=O)(=O)N2CCNCC2c2nccn2C)cn1.Cl. The summed E-state index contributed by atoms with van der Waals surface area (Å²) in [5, 5.41) is 7.35. The van der Waals surface area contributed by atoms with Crippen LogP contribution < -0.4 is 5.32 Å². The molecule has 0 spiro atoms. The predicted octanol–water partition coefficient (Wildman–Crippen LogP) is 0.0200. The average Bonchev–Trinajstić information content (AvgIpc) is 3.22. The van der Waals surface area contributed by atoms with Crippen LogP contribution in [0.3, 0.4) is 0 Å². The molecule has 1 N–H and O–H groups in total. The first-order valence-electron chi connectivity index (χ1n) is 7.75. The Balaban J connectivity index is 0.00000225. The third kappa shape index (κ3) is 4.04. The van der Waals surface area contributed by atoms with Gasteiger partial charge in [0.1, 0.15) is 10.7 Å². The maximum absolute atomic E-state index is 13.1. The fourth-order valence-corrected chi connectivity index (χ4v) is 4.35. The number of nitrogens with zero attached hydrogens (tertiary/aromatic N) is 5. The Morgan fingerprint density at radius 3 is 2.92 bits per heavy atom. The van der Waals surface area contributed by atoms with Gasteiger partial charge in [-0.15, -0.1) is 12.4 Å². The zero-order valence-corrected chi connectivity index (χ0v) is 15.8. The lowest BCUT2D eigenvalue weighted by atomic mass is 10.2. The number of piperazine rings is 1. The number of hydrogen-bond donors (Lipinski definition) is 1. The van der Waals surface area contributed by atoms with Crippen LogP contribution in [0.4, 0.5) is 0 Å². The van der Waals surface area contributed by atoms with Crippen molar-refractivity contribution in [2.75, 3.05) is 33.4 Å². The van der Waals surface area contributed by atoms with Crippen LogP contribution in [0, 0.1) is 0 Å². The van der Waals surface area contributed by atoms with Gasteiger partial charge in [0, 0.05) is 52.4 Å². The molecule has 25 heavy (non-hydrogen) atoms. The van der Waals surface area contributed by atoms with Crippen LogP contribution in [0.15, 0.2) is 29.7 Å². The van der Waals surface area contributed by atoms with Crippen molar-refractivity contribution in [2.24, 2.45) is 7.05 Å². The highest BCUT2D eigenvalue weighted by Crippen LogP contribution is 2.27. The van der Waals surface area contributed by atoms with Crippen molar-refractivity contribution in [3.05, 3.63) is 30.6 Å². The number of aryl methyl sites for hydroxylation is 1. The summed E-state index contributed by atoms with van der Waals surface area (Å²) < 4.78 is 36.1. The van der Waals surface area contributed by atoms with E-state index < -0.39 is 10.0 Å². The molecular formula is C14H23ClN6O3S. The minimum absolute atomic E-state index is 0. The highest BCUT2D eigenvalue weighted by molar-refractivity contribution is 7.89. The molecule has 1 aliphatic heterocycles. The summed E-state index contributed by atoms with van der Waals surface area (Å²) in [6, 6.07) is -0.342. The fraction of sp³-hybridized carbons (Fsp3) is 0.571. The number of hydrogen-bond acceptors (Lipinski definition) is 6. The first-order chi connectivity index (χ1) is 11.5. The van der Waals surface area contributed by atoms with E-state index in [9.17, 15) is 8.42 Å². The van der Waals surface area contributed by atoms with E-state index in [-0.39, 0.29) is 23.3 Å². The van der Waals surface area contributed by atoms with Gasteiger partial charge >= 0.3 is 0 Å². The highest BCUT2D eigenvalue weighted by Gasteiger charge is 2.37. The Kier molecular flexibility index (Phi) is 6.58. The van der Waals surface area contributed by atoms with Crippen molar-refractivity contribution >= 4 is 22.4 Å². The molecule has 0 aliphatic carbocycles. The smallest absolute Gasteiger partial charge is 0.246 e. The Morgan fingerprint density at radius 1 is 1.44 bits per heavy atom. The number of methoxy groups -OCH3 is 1. The van der Waals surface area contributed by atoms with E-state index in [0.717, 1.165) is 5.82 Å². The monoisotopic (exact) mass is 390 g/mol. The van der Waals surface area contributed by atoms with Crippen molar-refractivity contribution in [3.8, 4) is 0 Å². The van der Waals surface area contributed by atoms with E-state index in [0.29, 0.717) is 32.8 Å². The molecule has 0 saturated carbocycles. The second kappa shape index (κ2) is 8.28. The average molecular weight is 391 g/mol. The summed E-state index contributed by atoms with van der Waals surface area (Å²) in [4.78, 5) is 4.52. The van der Waals surface area contributed by atoms with Crippen molar-refractivity contribution in [1.29, 1.82) is 0 Å². The van der Waals surface area contributed by atoms with Gasteiger partial charge in [-0.05, 0) is 0 Å².